The van der Waals surface area contributed by atoms with Crippen LogP contribution in [0.5, 0.6) is 11.5 Å². The maximum atomic E-state index is 6.19. The van der Waals surface area contributed by atoms with Crippen molar-refractivity contribution in [2.45, 2.75) is 0 Å². The van der Waals surface area contributed by atoms with Crippen molar-refractivity contribution in [3.8, 4) is 22.6 Å². The molecule has 5 rings (SSSR count). The lowest BCUT2D eigenvalue weighted by Gasteiger charge is -2.10. The molecule has 142 valence electrons. The highest BCUT2D eigenvalue weighted by molar-refractivity contribution is 6.30. The Bertz CT molecular complexity index is 1240. The van der Waals surface area contributed by atoms with Crippen LogP contribution in [0.4, 0.5) is 5.82 Å². The number of pyridine rings is 2. The van der Waals surface area contributed by atoms with Gasteiger partial charge in [0.25, 0.3) is 0 Å². The van der Waals surface area contributed by atoms with E-state index < -0.39 is 0 Å². The highest BCUT2D eigenvalue weighted by Crippen LogP contribution is 2.33. The zero-order valence-corrected chi connectivity index (χ0v) is 15.9. The van der Waals surface area contributed by atoms with Gasteiger partial charge < -0.3 is 9.47 Å². The van der Waals surface area contributed by atoms with E-state index in [-0.39, 0.29) is 6.79 Å². The molecule has 29 heavy (non-hydrogen) atoms. The number of hydrogen-bond acceptors (Lipinski definition) is 6. The summed E-state index contributed by atoms with van der Waals surface area (Å²) < 4.78 is 10.7. The minimum absolute atomic E-state index is 0.241. The van der Waals surface area contributed by atoms with E-state index in [2.05, 4.69) is 20.5 Å². The average molecular weight is 403 g/mol. The number of halogens is 1. The van der Waals surface area contributed by atoms with Gasteiger partial charge in [-0.05, 0) is 59.7 Å². The van der Waals surface area contributed by atoms with Crippen molar-refractivity contribution in [2.75, 3.05) is 12.2 Å². The molecule has 2 aromatic heterocycles. The Balaban J connectivity index is 1.50. The molecule has 4 aromatic rings. The molecule has 6 nitrogen and oxygen atoms in total. The third-order valence-electron chi connectivity index (χ3n) is 4.51. The molecule has 2 aromatic carbocycles. The third-order valence-corrected chi connectivity index (χ3v) is 4.74. The fourth-order valence-electron chi connectivity index (χ4n) is 3.13. The Labute approximate surface area is 171 Å². The summed E-state index contributed by atoms with van der Waals surface area (Å²) in [4.78, 5) is 8.99. The summed E-state index contributed by atoms with van der Waals surface area (Å²) in [5.41, 5.74) is 6.39. The molecule has 0 radical (unpaired) electrons. The SMILES string of the molecule is Clc1cccc(-c2cc3cccnc3nc2N/N=C\c2ccc3c(c2)OCO3)c1. The van der Waals surface area contributed by atoms with Gasteiger partial charge in [-0.2, -0.15) is 5.10 Å². The van der Waals surface area contributed by atoms with E-state index >= 15 is 0 Å². The zero-order valence-electron chi connectivity index (χ0n) is 15.2. The Hall–Kier alpha value is -3.64. The van der Waals surface area contributed by atoms with Crippen LogP contribution in [-0.4, -0.2) is 23.0 Å². The zero-order chi connectivity index (χ0) is 19.6. The van der Waals surface area contributed by atoms with Crippen molar-refractivity contribution in [1.29, 1.82) is 0 Å². The fourth-order valence-corrected chi connectivity index (χ4v) is 3.32. The van der Waals surface area contributed by atoms with Crippen LogP contribution in [0.25, 0.3) is 22.2 Å². The first kappa shape index (κ1) is 17.5. The predicted molar refractivity (Wildman–Crippen MR) is 114 cm³/mol. The van der Waals surface area contributed by atoms with Crippen LogP contribution in [0.15, 0.2) is 72.0 Å². The van der Waals surface area contributed by atoms with Gasteiger partial charge in [0.15, 0.2) is 23.0 Å². The van der Waals surface area contributed by atoms with Gasteiger partial charge in [-0.3, -0.25) is 5.43 Å². The van der Waals surface area contributed by atoms with Crippen molar-refractivity contribution in [2.24, 2.45) is 5.10 Å². The number of ether oxygens (including phenoxy) is 2. The van der Waals surface area contributed by atoms with Gasteiger partial charge in [0.2, 0.25) is 6.79 Å². The van der Waals surface area contributed by atoms with Crippen molar-refractivity contribution in [3.05, 3.63) is 77.4 Å². The number of benzene rings is 2. The van der Waals surface area contributed by atoms with Crippen LogP contribution in [0.3, 0.4) is 0 Å². The van der Waals surface area contributed by atoms with Crippen LogP contribution >= 0.6 is 11.6 Å². The van der Waals surface area contributed by atoms with Crippen LogP contribution in [0, 0.1) is 0 Å². The molecule has 1 aliphatic heterocycles. The molecular weight excluding hydrogens is 388 g/mol. The van der Waals surface area contributed by atoms with Crippen molar-refractivity contribution in [3.63, 3.8) is 0 Å². The number of aromatic nitrogens is 2. The first-order valence-electron chi connectivity index (χ1n) is 8.97. The number of nitrogens with zero attached hydrogens (tertiary/aromatic N) is 3. The van der Waals surface area contributed by atoms with Crippen LogP contribution in [0.1, 0.15) is 5.56 Å². The van der Waals surface area contributed by atoms with Crippen molar-refractivity contribution < 1.29 is 9.47 Å². The standard InChI is InChI=1S/C22H15ClN4O2/c23-17-5-1-3-15(10-17)18-11-16-4-2-8-24-21(16)26-22(18)27-25-12-14-6-7-19-20(9-14)29-13-28-19/h1-12H,13H2,(H,24,26,27)/b25-12-. The number of rotatable bonds is 4. The summed E-state index contributed by atoms with van der Waals surface area (Å²) in [6.45, 7) is 0.241. The molecule has 1 aliphatic rings. The first-order valence-corrected chi connectivity index (χ1v) is 9.34. The number of hydrogen-bond donors (Lipinski definition) is 1. The maximum Gasteiger partial charge on any atom is 0.231 e. The largest absolute Gasteiger partial charge is 0.454 e. The van der Waals surface area contributed by atoms with E-state index in [1.807, 2.05) is 60.7 Å². The molecule has 0 unspecified atom stereocenters. The predicted octanol–water partition coefficient (Wildman–Crippen LogP) is 5.12. The molecule has 0 fully saturated rings. The Morgan fingerprint density at radius 3 is 2.86 bits per heavy atom. The number of hydrazone groups is 1. The Kier molecular flexibility index (Phi) is 4.46. The van der Waals surface area contributed by atoms with Crippen LogP contribution in [-0.2, 0) is 0 Å². The second-order valence-electron chi connectivity index (χ2n) is 6.43. The van der Waals surface area contributed by atoms with E-state index in [1.165, 1.54) is 0 Å². The lowest BCUT2D eigenvalue weighted by atomic mass is 10.1. The molecule has 0 amide bonds. The number of nitrogens with one attached hydrogen (secondary N) is 1. The molecule has 7 heteroatoms. The van der Waals surface area contributed by atoms with E-state index in [1.54, 1.807) is 12.4 Å². The van der Waals surface area contributed by atoms with Crippen LogP contribution < -0.4 is 14.9 Å². The molecule has 3 heterocycles. The molecular formula is C22H15ClN4O2. The Morgan fingerprint density at radius 2 is 1.93 bits per heavy atom. The Morgan fingerprint density at radius 1 is 1.00 bits per heavy atom. The monoisotopic (exact) mass is 402 g/mol. The molecule has 0 spiro atoms. The summed E-state index contributed by atoms with van der Waals surface area (Å²) in [6, 6.07) is 19.2. The molecule has 1 N–H and O–H groups in total. The van der Waals surface area contributed by atoms with Gasteiger partial charge in [-0.25, -0.2) is 9.97 Å². The minimum atomic E-state index is 0.241. The number of fused-ring (bicyclic) bond motifs is 2. The summed E-state index contributed by atoms with van der Waals surface area (Å²) in [7, 11) is 0. The minimum Gasteiger partial charge on any atom is -0.454 e. The summed E-state index contributed by atoms with van der Waals surface area (Å²) in [6.07, 6.45) is 3.42. The summed E-state index contributed by atoms with van der Waals surface area (Å²) in [5.74, 6) is 2.04. The van der Waals surface area contributed by atoms with Gasteiger partial charge in [0.05, 0.1) is 6.21 Å². The lowest BCUT2D eigenvalue weighted by molar-refractivity contribution is 0.174. The summed E-state index contributed by atoms with van der Waals surface area (Å²) in [5, 5.41) is 5.95. The van der Waals surface area contributed by atoms with Crippen molar-refractivity contribution in [1.82, 2.24) is 9.97 Å². The lowest BCUT2D eigenvalue weighted by Crippen LogP contribution is -1.98. The normalized spacial score (nSPS) is 12.6. The van der Waals surface area contributed by atoms with Gasteiger partial charge >= 0.3 is 0 Å². The van der Waals surface area contributed by atoms with Crippen LogP contribution in [0.2, 0.25) is 5.02 Å². The third kappa shape index (κ3) is 3.58. The van der Waals surface area contributed by atoms with E-state index in [4.69, 9.17) is 21.1 Å². The number of anilines is 1. The molecule has 0 bridgehead atoms. The maximum absolute atomic E-state index is 6.19. The van der Waals surface area contributed by atoms with E-state index in [0.717, 1.165) is 27.8 Å². The quantitative estimate of drug-likeness (QED) is 0.379. The highest BCUT2D eigenvalue weighted by Gasteiger charge is 2.13. The van der Waals surface area contributed by atoms with Gasteiger partial charge in [0.1, 0.15) is 0 Å². The second kappa shape index (κ2) is 7.41. The van der Waals surface area contributed by atoms with Gasteiger partial charge in [-0.1, -0.05) is 23.7 Å². The highest BCUT2D eigenvalue weighted by atomic mass is 35.5. The van der Waals surface area contributed by atoms with E-state index in [0.29, 0.717) is 22.2 Å². The summed E-state index contributed by atoms with van der Waals surface area (Å²) >= 11 is 6.19. The van der Waals surface area contributed by atoms with E-state index in [9.17, 15) is 0 Å². The molecule has 0 saturated carbocycles. The van der Waals surface area contributed by atoms with Gasteiger partial charge in [-0.15, -0.1) is 0 Å². The molecule has 0 aliphatic carbocycles. The van der Waals surface area contributed by atoms with Crippen molar-refractivity contribution >= 4 is 34.7 Å². The smallest absolute Gasteiger partial charge is 0.231 e. The average Bonchev–Trinajstić information content (AvgIpc) is 3.21. The topological polar surface area (TPSA) is 68.6 Å². The molecule has 0 atom stereocenters. The van der Waals surface area contributed by atoms with Gasteiger partial charge in [0, 0.05) is 22.2 Å². The molecule has 0 saturated heterocycles. The second-order valence-corrected chi connectivity index (χ2v) is 6.86. The first-order chi connectivity index (χ1) is 14.3. The fraction of sp³-hybridized carbons (Fsp3) is 0.0455.